The summed E-state index contributed by atoms with van der Waals surface area (Å²) in [5.74, 6) is 1.93. The minimum atomic E-state index is 0.268. The first kappa shape index (κ1) is 19.1. The summed E-state index contributed by atoms with van der Waals surface area (Å²) in [5, 5.41) is 8.99. The molecule has 2 aliphatic rings. The van der Waals surface area contributed by atoms with Crippen molar-refractivity contribution in [3.8, 4) is 0 Å². The van der Waals surface area contributed by atoms with Crippen LogP contribution in [0.3, 0.4) is 0 Å². The number of hydrogen-bond acceptors (Lipinski definition) is 5. The first-order valence-electron chi connectivity index (χ1n) is 10.0. The van der Waals surface area contributed by atoms with Gasteiger partial charge in [-0.1, -0.05) is 6.07 Å². The zero-order valence-corrected chi connectivity index (χ0v) is 15.7. The fraction of sp³-hybridized carbons (Fsp3) is 0.700. The van der Waals surface area contributed by atoms with Gasteiger partial charge in [0.2, 0.25) is 5.91 Å². The average Bonchev–Trinajstić information content (AvgIpc) is 2.71. The monoisotopic (exact) mass is 360 g/mol. The van der Waals surface area contributed by atoms with Gasteiger partial charge in [0, 0.05) is 58.5 Å². The highest BCUT2D eigenvalue weighted by Gasteiger charge is 2.24. The van der Waals surface area contributed by atoms with Gasteiger partial charge in [-0.05, 0) is 50.3 Å². The quantitative estimate of drug-likeness (QED) is 0.800. The number of rotatable bonds is 7. The number of carbonyl (C=O) groups is 1. The molecule has 3 heterocycles. The lowest BCUT2D eigenvalue weighted by Gasteiger charge is -2.36. The summed E-state index contributed by atoms with van der Waals surface area (Å²) in [5.41, 5.74) is 0. The van der Waals surface area contributed by atoms with E-state index in [4.69, 9.17) is 5.11 Å². The second kappa shape index (κ2) is 9.88. The van der Waals surface area contributed by atoms with Crippen molar-refractivity contribution in [3.05, 3.63) is 24.4 Å². The summed E-state index contributed by atoms with van der Waals surface area (Å²) in [4.78, 5) is 23.7. The topological polar surface area (TPSA) is 59.9 Å². The van der Waals surface area contributed by atoms with Crippen LogP contribution in [0, 0.1) is 5.92 Å². The van der Waals surface area contributed by atoms with E-state index >= 15 is 0 Å². The Kier molecular flexibility index (Phi) is 7.26. The molecule has 26 heavy (non-hydrogen) atoms. The number of pyridine rings is 1. The Balaban J connectivity index is 1.38. The fourth-order valence-corrected chi connectivity index (χ4v) is 4.10. The van der Waals surface area contributed by atoms with Crippen LogP contribution in [0.5, 0.6) is 0 Å². The minimum Gasteiger partial charge on any atom is -0.396 e. The molecule has 6 nitrogen and oxygen atoms in total. The van der Waals surface area contributed by atoms with E-state index in [-0.39, 0.29) is 6.61 Å². The molecule has 6 heteroatoms. The summed E-state index contributed by atoms with van der Waals surface area (Å²) in [6.07, 6.45) is 6.79. The highest BCUT2D eigenvalue weighted by Crippen LogP contribution is 2.22. The molecule has 1 aromatic heterocycles. The molecule has 0 radical (unpaired) electrons. The van der Waals surface area contributed by atoms with Crippen LogP contribution in [0.25, 0.3) is 0 Å². The number of aromatic nitrogens is 1. The molecule has 1 N–H and O–H groups in total. The Bertz CT molecular complexity index is 546. The number of piperidine rings is 1. The minimum absolute atomic E-state index is 0.268. The number of likely N-dealkylation sites (tertiary alicyclic amines) is 1. The number of nitrogens with zero attached hydrogens (tertiary/aromatic N) is 4. The molecular formula is C20H32N4O2. The van der Waals surface area contributed by atoms with Crippen LogP contribution in [0.4, 0.5) is 5.82 Å². The first-order valence-corrected chi connectivity index (χ1v) is 10.0. The van der Waals surface area contributed by atoms with E-state index in [2.05, 4.69) is 14.8 Å². The van der Waals surface area contributed by atoms with Gasteiger partial charge in [0.05, 0.1) is 0 Å². The van der Waals surface area contributed by atoms with E-state index in [9.17, 15) is 4.79 Å². The standard InChI is InChI=1S/C20H32N4O2/c25-16-4-11-22-10-3-5-18(17-22)7-8-20(26)24-14-12-23(13-15-24)19-6-1-2-9-21-19/h1-2,6,9,18,25H,3-5,7-8,10-17H2. The molecule has 0 bridgehead atoms. The molecule has 2 saturated heterocycles. The van der Waals surface area contributed by atoms with Crippen molar-refractivity contribution in [1.82, 2.24) is 14.8 Å². The van der Waals surface area contributed by atoms with Crippen LogP contribution in [-0.2, 0) is 4.79 Å². The van der Waals surface area contributed by atoms with Crippen LogP contribution in [0.1, 0.15) is 32.1 Å². The molecule has 1 atom stereocenters. The number of hydrogen-bond donors (Lipinski definition) is 1. The van der Waals surface area contributed by atoms with Gasteiger partial charge in [-0.25, -0.2) is 4.98 Å². The van der Waals surface area contributed by atoms with Crippen molar-refractivity contribution in [2.75, 3.05) is 57.3 Å². The molecule has 3 rings (SSSR count). The lowest BCUT2D eigenvalue weighted by atomic mass is 9.93. The van der Waals surface area contributed by atoms with Crippen molar-refractivity contribution in [3.63, 3.8) is 0 Å². The van der Waals surface area contributed by atoms with Gasteiger partial charge in [0.15, 0.2) is 0 Å². The zero-order chi connectivity index (χ0) is 18.2. The van der Waals surface area contributed by atoms with Crippen LogP contribution >= 0.6 is 0 Å². The van der Waals surface area contributed by atoms with Crippen LogP contribution in [-0.4, -0.2) is 78.2 Å². The Hall–Kier alpha value is -1.66. The zero-order valence-electron chi connectivity index (χ0n) is 15.7. The van der Waals surface area contributed by atoms with Crippen LogP contribution in [0.15, 0.2) is 24.4 Å². The summed E-state index contributed by atoms with van der Waals surface area (Å²) in [6, 6.07) is 5.97. The van der Waals surface area contributed by atoms with Crippen molar-refractivity contribution in [2.24, 2.45) is 5.92 Å². The molecule has 144 valence electrons. The van der Waals surface area contributed by atoms with Gasteiger partial charge in [-0.3, -0.25) is 4.79 Å². The normalized spacial score (nSPS) is 21.8. The molecule has 2 fully saturated rings. The van der Waals surface area contributed by atoms with E-state index in [0.29, 0.717) is 18.2 Å². The molecule has 1 unspecified atom stereocenters. The third kappa shape index (κ3) is 5.42. The number of aliphatic hydroxyl groups is 1. The smallest absolute Gasteiger partial charge is 0.222 e. The first-order chi connectivity index (χ1) is 12.8. The second-order valence-corrected chi connectivity index (χ2v) is 7.48. The van der Waals surface area contributed by atoms with Crippen molar-refractivity contribution < 1.29 is 9.90 Å². The molecular weight excluding hydrogens is 328 g/mol. The van der Waals surface area contributed by atoms with Gasteiger partial charge < -0.3 is 19.8 Å². The maximum Gasteiger partial charge on any atom is 0.222 e. The summed E-state index contributed by atoms with van der Waals surface area (Å²) in [6.45, 7) is 6.79. The molecule has 1 amide bonds. The largest absolute Gasteiger partial charge is 0.396 e. The number of anilines is 1. The number of piperazine rings is 1. The van der Waals surface area contributed by atoms with Gasteiger partial charge >= 0.3 is 0 Å². The predicted molar refractivity (Wildman–Crippen MR) is 103 cm³/mol. The molecule has 0 aromatic carbocycles. The van der Waals surface area contributed by atoms with E-state index in [1.807, 2.05) is 29.3 Å². The van der Waals surface area contributed by atoms with Gasteiger partial charge in [0.1, 0.15) is 5.82 Å². The fourth-order valence-electron chi connectivity index (χ4n) is 4.10. The van der Waals surface area contributed by atoms with Gasteiger partial charge in [-0.2, -0.15) is 0 Å². The Morgan fingerprint density at radius 1 is 1.19 bits per heavy atom. The summed E-state index contributed by atoms with van der Waals surface area (Å²) in [7, 11) is 0. The molecule has 2 aliphatic heterocycles. The highest BCUT2D eigenvalue weighted by atomic mass is 16.3. The average molecular weight is 361 g/mol. The molecule has 1 aromatic rings. The highest BCUT2D eigenvalue weighted by molar-refractivity contribution is 5.76. The third-order valence-electron chi connectivity index (χ3n) is 5.61. The van der Waals surface area contributed by atoms with Crippen LogP contribution < -0.4 is 4.90 Å². The van der Waals surface area contributed by atoms with Crippen molar-refractivity contribution in [2.45, 2.75) is 32.1 Å². The summed E-state index contributed by atoms with van der Waals surface area (Å²) >= 11 is 0. The van der Waals surface area contributed by atoms with Crippen molar-refractivity contribution in [1.29, 1.82) is 0 Å². The third-order valence-corrected chi connectivity index (χ3v) is 5.61. The molecule has 0 aliphatic carbocycles. The SMILES string of the molecule is O=C(CCC1CCCN(CCCO)C1)N1CCN(c2ccccn2)CC1. The van der Waals surface area contributed by atoms with Gasteiger partial charge in [0.25, 0.3) is 0 Å². The van der Waals surface area contributed by atoms with Crippen molar-refractivity contribution >= 4 is 11.7 Å². The second-order valence-electron chi connectivity index (χ2n) is 7.48. The van der Waals surface area contributed by atoms with Crippen LogP contribution in [0.2, 0.25) is 0 Å². The summed E-state index contributed by atoms with van der Waals surface area (Å²) < 4.78 is 0. The number of amides is 1. The maximum atomic E-state index is 12.6. The van der Waals surface area contributed by atoms with E-state index in [1.165, 1.54) is 12.8 Å². The van der Waals surface area contributed by atoms with Gasteiger partial charge in [-0.15, -0.1) is 0 Å². The Morgan fingerprint density at radius 2 is 2.04 bits per heavy atom. The molecule has 0 saturated carbocycles. The lowest BCUT2D eigenvalue weighted by molar-refractivity contribution is -0.131. The lowest BCUT2D eigenvalue weighted by Crippen LogP contribution is -2.49. The van der Waals surface area contributed by atoms with E-state index < -0.39 is 0 Å². The Labute approximate surface area is 156 Å². The maximum absolute atomic E-state index is 12.6. The molecule has 0 spiro atoms. The number of carbonyl (C=O) groups excluding carboxylic acids is 1. The predicted octanol–water partition coefficient (Wildman–Crippen LogP) is 1.60. The van der Waals surface area contributed by atoms with E-state index in [1.54, 1.807) is 0 Å². The van der Waals surface area contributed by atoms with E-state index in [0.717, 1.165) is 64.5 Å². The Morgan fingerprint density at radius 3 is 2.77 bits per heavy atom. The number of aliphatic hydroxyl groups excluding tert-OH is 1.